The van der Waals surface area contributed by atoms with Crippen molar-refractivity contribution in [1.29, 1.82) is 0 Å². The van der Waals surface area contributed by atoms with Crippen LogP contribution in [0.2, 0.25) is 0 Å². The summed E-state index contributed by atoms with van der Waals surface area (Å²) >= 11 is 0. The molecule has 1 unspecified atom stereocenters. The van der Waals surface area contributed by atoms with Crippen LogP contribution in [-0.2, 0) is 4.79 Å². The number of para-hydroxylation sites is 1. The fourth-order valence-electron chi connectivity index (χ4n) is 2.89. The van der Waals surface area contributed by atoms with Gasteiger partial charge in [-0.05, 0) is 30.7 Å². The monoisotopic (exact) mass is 358 g/mol. The summed E-state index contributed by atoms with van der Waals surface area (Å²) in [5.41, 5.74) is 3.35. The van der Waals surface area contributed by atoms with Gasteiger partial charge in [-0.15, -0.1) is 0 Å². The molecule has 4 nitrogen and oxygen atoms in total. The average Bonchev–Trinajstić information content (AvgIpc) is 2.69. The Balaban J connectivity index is 1.62. The van der Waals surface area contributed by atoms with Gasteiger partial charge in [0.25, 0.3) is 5.91 Å². The number of nitrogens with one attached hydrogen (secondary N) is 2. The zero-order valence-electron chi connectivity index (χ0n) is 15.2. The number of hydrogen-bond donors (Lipinski definition) is 2. The molecule has 136 valence electrons. The number of carbonyl (C=O) groups excluding carboxylic acids is 2. The Morgan fingerprint density at radius 2 is 1.41 bits per heavy atom. The summed E-state index contributed by atoms with van der Waals surface area (Å²) in [5, 5.41) is 5.82. The van der Waals surface area contributed by atoms with E-state index in [4.69, 9.17) is 0 Å². The van der Waals surface area contributed by atoms with Crippen molar-refractivity contribution in [3.63, 3.8) is 0 Å². The Morgan fingerprint density at radius 3 is 2.11 bits per heavy atom. The summed E-state index contributed by atoms with van der Waals surface area (Å²) in [7, 11) is 0. The first-order valence-corrected chi connectivity index (χ1v) is 8.93. The minimum absolute atomic E-state index is 0.140. The molecule has 0 heterocycles. The summed E-state index contributed by atoms with van der Waals surface area (Å²) in [6, 6.07) is 26.3. The lowest BCUT2D eigenvalue weighted by molar-refractivity contribution is -0.116. The molecule has 3 aromatic rings. The second-order valence-corrected chi connectivity index (χ2v) is 6.40. The van der Waals surface area contributed by atoms with Crippen LogP contribution in [-0.4, -0.2) is 17.9 Å². The first-order valence-electron chi connectivity index (χ1n) is 8.93. The normalized spacial score (nSPS) is 11.4. The summed E-state index contributed by atoms with van der Waals surface area (Å²) in [6.45, 7) is 1.82. The minimum atomic E-state index is -0.276. The number of amides is 2. The number of benzene rings is 3. The molecule has 27 heavy (non-hydrogen) atoms. The highest BCUT2D eigenvalue weighted by molar-refractivity contribution is 5.97. The van der Waals surface area contributed by atoms with Crippen LogP contribution in [0.3, 0.4) is 0 Å². The highest BCUT2D eigenvalue weighted by atomic mass is 16.2. The molecule has 0 aliphatic heterocycles. The maximum Gasteiger partial charge on any atom is 0.251 e. The molecule has 1 atom stereocenters. The van der Waals surface area contributed by atoms with Crippen molar-refractivity contribution in [2.45, 2.75) is 19.4 Å². The van der Waals surface area contributed by atoms with Crippen LogP contribution in [0.5, 0.6) is 0 Å². The highest BCUT2D eigenvalue weighted by Gasteiger charge is 2.14. The van der Waals surface area contributed by atoms with E-state index in [0.29, 0.717) is 5.56 Å². The van der Waals surface area contributed by atoms with E-state index < -0.39 is 0 Å². The molecule has 0 fully saturated rings. The molecule has 0 radical (unpaired) electrons. The van der Waals surface area contributed by atoms with E-state index in [9.17, 15) is 9.59 Å². The van der Waals surface area contributed by atoms with Crippen LogP contribution < -0.4 is 10.6 Å². The van der Waals surface area contributed by atoms with E-state index in [0.717, 1.165) is 16.8 Å². The van der Waals surface area contributed by atoms with Crippen LogP contribution in [0, 0.1) is 0 Å². The zero-order valence-corrected chi connectivity index (χ0v) is 15.2. The number of rotatable bonds is 6. The van der Waals surface area contributed by atoms with E-state index in [-0.39, 0.29) is 24.3 Å². The SMILES string of the molecule is CC(CC(=O)Nc1ccccc1-c1ccccc1)NC(=O)c1ccccc1. The van der Waals surface area contributed by atoms with Crippen molar-refractivity contribution < 1.29 is 9.59 Å². The van der Waals surface area contributed by atoms with Gasteiger partial charge in [-0.25, -0.2) is 0 Å². The van der Waals surface area contributed by atoms with Gasteiger partial charge < -0.3 is 10.6 Å². The molecule has 0 aliphatic carbocycles. The van der Waals surface area contributed by atoms with Crippen molar-refractivity contribution in [1.82, 2.24) is 5.32 Å². The maximum absolute atomic E-state index is 12.5. The molecular weight excluding hydrogens is 336 g/mol. The van der Waals surface area contributed by atoms with E-state index in [1.54, 1.807) is 12.1 Å². The average molecular weight is 358 g/mol. The van der Waals surface area contributed by atoms with Crippen LogP contribution in [0.4, 0.5) is 5.69 Å². The lowest BCUT2D eigenvalue weighted by Crippen LogP contribution is -2.35. The molecule has 3 rings (SSSR count). The molecule has 0 aliphatic rings. The van der Waals surface area contributed by atoms with E-state index in [1.165, 1.54) is 0 Å². The van der Waals surface area contributed by atoms with Gasteiger partial charge in [-0.2, -0.15) is 0 Å². The lowest BCUT2D eigenvalue weighted by Gasteiger charge is -2.15. The first-order chi connectivity index (χ1) is 13.1. The van der Waals surface area contributed by atoms with E-state index in [1.807, 2.05) is 79.7 Å². The second-order valence-electron chi connectivity index (χ2n) is 6.40. The third-order valence-electron chi connectivity index (χ3n) is 4.19. The Bertz CT molecular complexity index is 908. The Kier molecular flexibility index (Phi) is 6.00. The van der Waals surface area contributed by atoms with Crippen molar-refractivity contribution in [2.75, 3.05) is 5.32 Å². The van der Waals surface area contributed by atoms with Gasteiger partial charge in [0.1, 0.15) is 0 Å². The topological polar surface area (TPSA) is 58.2 Å². The number of carbonyl (C=O) groups is 2. The van der Waals surface area contributed by atoms with Gasteiger partial charge in [0, 0.05) is 29.3 Å². The van der Waals surface area contributed by atoms with Crippen LogP contribution >= 0.6 is 0 Å². The number of anilines is 1. The van der Waals surface area contributed by atoms with Gasteiger partial charge in [0.15, 0.2) is 0 Å². The fourth-order valence-corrected chi connectivity index (χ4v) is 2.89. The zero-order chi connectivity index (χ0) is 19.1. The molecule has 0 bridgehead atoms. The summed E-state index contributed by atoms with van der Waals surface area (Å²) < 4.78 is 0. The van der Waals surface area contributed by atoms with Gasteiger partial charge in [-0.1, -0.05) is 66.7 Å². The number of hydrogen-bond acceptors (Lipinski definition) is 2. The smallest absolute Gasteiger partial charge is 0.251 e. The van der Waals surface area contributed by atoms with Crippen LogP contribution in [0.15, 0.2) is 84.9 Å². The fraction of sp³-hybridized carbons (Fsp3) is 0.130. The summed E-state index contributed by atoms with van der Waals surface area (Å²) in [5.74, 6) is -0.320. The summed E-state index contributed by atoms with van der Waals surface area (Å²) in [6.07, 6.45) is 0.196. The van der Waals surface area contributed by atoms with Crippen molar-refractivity contribution in [2.24, 2.45) is 0 Å². The van der Waals surface area contributed by atoms with E-state index >= 15 is 0 Å². The van der Waals surface area contributed by atoms with Gasteiger partial charge in [0.05, 0.1) is 0 Å². The van der Waals surface area contributed by atoms with Crippen molar-refractivity contribution >= 4 is 17.5 Å². The Morgan fingerprint density at radius 1 is 0.815 bits per heavy atom. The molecule has 0 saturated carbocycles. The molecular formula is C23H22N2O2. The molecule has 0 saturated heterocycles. The predicted molar refractivity (Wildman–Crippen MR) is 108 cm³/mol. The Labute approximate surface area is 159 Å². The molecule has 4 heteroatoms. The Hall–Kier alpha value is -3.40. The van der Waals surface area contributed by atoms with E-state index in [2.05, 4.69) is 10.6 Å². The third kappa shape index (κ3) is 5.05. The van der Waals surface area contributed by atoms with Gasteiger partial charge in [0.2, 0.25) is 5.91 Å². The van der Waals surface area contributed by atoms with Crippen LogP contribution in [0.25, 0.3) is 11.1 Å². The van der Waals surface area contributed by atoms with Crippen LogP contribution in [0.1, 0.15) is 23.7 Å². The first kappa shape index (κ1) is 18.4. The summed E-state index contributed by atoms with van der Waals surface area (Å²) in [4.78, 5) is 24.7. The maximum atomic E-state index is 12.5. The van der Waals surface area contributed by atoms with Gasteiger partial charge in [-0.3, -0.25) is 9.59 Å². The van der Waals surface area contributed by atoms with Crippen molar-refractivity contribution in [3.05, 3.63) is 90.5 Å². The predicted octanol–water partition coefficient (Wildman–Crippen LogP) is 4.50. The van der Waals surface area contributed by atoms with Gasteiger partial charge >= 0.3 is 0 Å². The van der Waals surface area contributed by atoms with Crippen molar-refractivity contribution in [3.8, 4) is 11.1 Å². The molecule has 3 aromatic carbocycles. The largest absolute Gasteiger partial charge is 0.349 e. The second kappa shape index (κ2) is 8.81. The minimum Gasteiger partial charge on any atom is -0.349 e. The molecule has 2 amide bonds. The standard InChI is InChI=1S/C23H22N2O2/c1-17(24-23(27)19-12-6-3-7-13-19)16-22(26)25-21-15-9-8-14-20(21)18-10-4-2-5-11-18/h2-15,17H,16H2,1H3,(H,24,27)(H,25,26). The highest BCUT2D eigenvalue weighted by Crippen LogP contribution is 2.27. The molecule has 0 spiro atoms. The lowest BCUT2D eigenvalue weighted by atomic mass is 10.0. The molecule has 0 aromatic heterocycles. The third-order valence-corrected chi connectivity index (χ3v) is 4.19. The quantitative estimate of drug-likeness (QED) is 0.681. The molecule has 2 N–H and O–H groups in total.